The minimum absolute atomic E-state index is 0. The van der Waals surface area contributed by atoms with E-state index in [1.807, 2.05) is 26.0 Å². The number of rotatable bonds is 13. The van der Waals surface area contributed by atoms with E-state index in [2.05, 4.69) is 11.3 Å². The summed E-state index contributed by atoms with van der Waals surface area (Å²) < 4.78 is 26.4. The van der Waals surface area contributed by atoms with Crippen LogP contribution in [0.15, 0.2) is 103 Å². The van der Waals surface area contributed by atoms with Gasteiger partial charge in [-0.3, -0.25) is 4.79 Å². The van der Waals surface area contributed by atoms with E-state index in [1.165, 1.54) is 6.08 Å². The summed E-state index contributed by atoms with van der Waals surface area (Å²) in [4.78, 5) is 35.0. The summed E-state index contributed by atoms with van der Waals surface area (Å²) in [5, 5.41) is 0. The second kappa shape index (κ2) is 20.5. The topological polar surface area (TPSA) is 97.4 Å². The van der Waals surface area contributed by atoms with Crippen LogP contribution in [0, 0.1) is 0 Å². The van der Waals surface area contributed by atoms with Crippen LogP contribution in [0.2, 0.25) is 0 Å². The van der Waals surface area contributed by atoms with Crippen molar-refractivity contribution in [3.8, 4) is 11.5 Å². The number of unbranched alkanes of at least 4 members (excludes halogenated alkanes) is 1. The molecule has 0 N–H and O–H groups in total. The molecule has 1 aliphatic carbocycles. The summed E-state index contributed by atoms with van der Waals surface area (Å²) in [5.41, 5.74) is 2.07. The Kier molecular flexibility index (Phi) is 17.4. The Morgan fingerprint density at radius 3 is 2.21 bits per heavy atom. The Hall–Kier alpha value is -4.33. The van der Waals surface area contributed by atoms with Gasteiger partial charge < -0.3 is 23.7 Å². The third-order valence-corrected chi connectivity index (χ3v) is 5.33. The van der Waals surface area contributed by atoms with Gasteiger partial charge in [-0.25, -0.2) is 9.59 Å². The zero-order chi connectivity index (χ0) is 29.9. The average Bonchev–Trinajstić information content (AvgIpc) is 3.14. The van der Waals surface area contributed by atoms with Crippen molar-refractivity contribution in [2.45, 2.75) is 33.1 Å². The first kappa shape index (κ1) is 35.7. The molecule has 0 spiro atoms. The molecule has 0 unspecified atom stereocenters. The second-order valence-corrected chi connectivity index (χ2v) is 8.74. The minimum Gasteiger partial charge on any atom is -0.497 e. The van der Waals surface area contributed by atoms with E-state index in [0.717, 1.165) is 23.3 Å². The third-order valence-electron chi connectivity index (χ3n) is 5.33. The van der Waals surface area contributed by atoms with Gasteiger partial charge in [0.1, 0.15) is 23.0 Å². The minimum atomic E-state index is -0.526. The van der Waals surface area contributed by atoms with E-state index < -0.39 is 11.9 Å². The van der Waals surface area contributed by atoms with Crippen molar-refractivity contribution in [1.82, 2.24) is 0 Å². The molecule has 0 bridgehead atoms. The number of hydrogen-bond donors (Lipinski definition) is 0. The predicted octanol–water partition coefficient (Wildman–Crippen LogP) is 6.75. The number of methoxy groups -OCH3 is 1. The van der Waals surface area contributed by atoms with Crippen molar-refractivity contribution >= 4 is 24.5 Å². The summed E-state index contributed by atoms with van der Waals surface area (Å²) >= 11 is 0. The van der Waals surface area contributed by atoms with Crippen LogP contribution in [0.25, 0.3) is 6.08 Å². The van der Waals surface area contributed by atoms with Crippen molar-refractivity contribution in [3.05, 3.63) is 114 Å². The summed E-state index contributed by atoms with van der Waals surface area (Å²) in [7, 11) is 1.59. The van der Waals surface area contributed by atoms with E-state index in [4.69, 9.17) is 18.9 Å². The van der Waals surface area contributed by atoms with Gasteiger partial charge in [0.25, 0.3) is 6.47 Å². The molecule has 224 valence electrons. The van der Waals surface area contributed by atoms with Crippen LogP contribution in [0.1, 0.15) is 49.0 Å². The molecule has 0 aromatic heterocycles. The number of carbonyl (C=O) groups excluding carboxylic acids is 3. The fourth-order valence-corrected chi connectivity index (χ4v) is 3.40. The summed E-state index contributed by atoms with van der Waals surface area (Å²) in [5.74, 6) is 1.10. The largest absolute Gasteiger partial charge is 0.497 e. The smallest absolute Gasteiger partial charge is 0.343 e. The van der Waals surface area contributed by atoms with Gasteiger partial charge in [-0.2, -0.15) is 0 Å². The average molecular weight is 616 g/mol. The maximum atomic E-state index is 12.6. The Balaban J connectivity index is 0.00000211. The van der Waals surface area contributed by atoms with Crippen molar-refractivity contribution in [3.63, 3.8) is 0 Å². The Morgan fingerprint density at radius 1 is 0.929 bits per heavy atom. The molecule has 0 aliphatic heterocycles. The van der Waals surface area contributed by atoms with E-state index >= 15 is 0 Å². The predicted molar refractivity (Wildman–Crippen MR) is 157 cm³/mol. The normalized spacial score (nSPS) is 12.0. The fourth-order valence-electron chi connectivity index (χ4n) is 3.40. The molecule has 42 heavy (non-hydrogen) atoms. The van der Waals surface area contributed by atoms with Crippen LogP contribution < -0.4 is 9.47 Å². The Morgan fingerprint density at radius 2 is 1.57 bits per heavy atom. The zero-order valence-corrected chi connectivity index (χ0v) is 25.1. The van der Waals surface area contributed by atoms with E-state index in [0.29, 0.717) is 55.4 Å². The number of carbonyl (C=O) groups is 3. The van der Waals surface area contributed by atoms with Crippen molar-refractivity contribution in [2.24, 2.45) is 0 Å². The molecule has 2 aromatic rings. The van der Waals surface area contributed by atoms with Gasteiger partial charge in [0.15, 0.2) is 0 Å². The monoisotopic (exact) mass is 616 g/mol. The maximum Gasteiger partial charge on any atom is 0.343 e. The van der Waals surface area contributed by atoms with Gasteiger partial charge >= 0.3 is 11.9 Å². The number of ether oxygens (including phenoxy) is 5. The van der Waals surface area contributed by atoms with Crippen molar-refractivity contribution in [2.75, 3.05) is 20.3 Å². The van der Waals surface area contributed by atoms with Crippen LogP contribution in [-0.2, 0) is 40.9 Å². The van der Waals surface area contributed by atoms with Crippen molar-refractivity contribution < 1.29 is 55.1 Å². The molecule has 0 radical (unpaired) electrons. The van der Waals surface area contributed by atoms with E-state index in [9.17, 15) is 14.4 Å². The molecule has 9 heteroatoms. The molecule has 1 aliphatic rings. The molecule has 0 atom stereocenters. The standard InChI is InChI=1S/C30H30O8.C3H6.Fe/c1-22-19-27(37-29(32)16-7-23-5-10-25(34-2)11-6-23)14-15-28(20-22)38-30(33)24-8-12-26(13-9-24)36-18-4-3-17-35-21-31;1-3-2;/h5-16,19,21H,3-4,17-18,20H2,1-2H3;3H,1H2,2H3;/b16-7+;;. The molecule has 0 fully saturated rings. The number of allylic oxidation sites excluding steroid dienone is 5. The van der Waals surface area contributed by atoms with Crippen molar-refractivity contribution in [1.29, 1.82) is 0 Å². The second-order valence-electron chi connectivity index (χ2n) is 8.74. The van der Waals surface area contributed by atoms with Gasteiger partial charge in [-0.1, -0.05) is 23.8 Å². The van der Waals surface area contributed by atoms with Crippen LogP contribution in [-0.4, -0.2) is 38.7 Å². The first-order valence-corrected chi connectivity index (χ1v) is 13.1. The number of hydrogen-bond acceptors (Lipinski definition) is 8. The molecule has 2 aromatic carbocycles. The van der Waals surface area contributed by atoms with E-state index in [1.54, 1.807) is 73.9 Å². The van der Waals surface area contributed by atoms with Crippen LogP contribution >= 0.6 is 0 Å². The van der Waals surface area contributed by atoms with Gasteiger partial charge in [0.05, 0.1) is 25.9 Å². The molecular formula is C33H36FeO8. The van der Waals surface area contributed by atoms with E-state index in [-0.39, 0.29) is 17.1 Å². The zero-order valence-electron chi connectivity index (χ0n) is 24.0. The first-order valence-electron chi connectivity index (χ1n) is 13.1. The fraction of sp³-hybridized carbons (Fsp3) is 0.242. The maximum absolute atomic E-state index is 12.6. The van der Waals surface area contributed by atoms with Gasteiger partial charge in [0.2, 0.25) is 0 Å². The Labute approximate surface area is 257 Å². The molecular weight excluding hydrogens is 580 g/mol. The quantitative estimate of drug-likeness (QED) is 0.0464. The molecule has 0 saturated heterocycles. The van der Waals surface area contributed by atoms with Crippen LogP contribution in [0.5, 0.6) is 11.5 Å². The molecule has 0 amide bonds. The SMILES string of the molecule is C=CC.COc1ccc(/C=C/C(=O)OC2=CC=C(OC(=O)c3ccc(OCCCCOC=O)cc3)CC(C)=C2)cc1.[Fe]. The number of benzene rings is 2. The van der Waals surface area contributed by atoms with Crippen LogP contribution in [0.4, 0.5) is 0 Å². The Bertz CT molecular complexity index is 1270. The van der Waals surface area contributed by atoms with Crippen LogP contribution in [0.3, 0.4) is 0 Å². The third kappa shape index (κ3) is 13.8. The molecule has 3 rings (SSSR count). The molecule has 8 nitrogen and oxygen atoms in total. The first-order chi connectivity index (χ1) is 19.9. The van der Waals surface area contributed by atoms with Gasteiger partial charge in [0, 0.05) is 29.6 Å². The number of esters is 2. The molecule has 0 saturated carbocycles. The summed E-state index contributed by atoms with van der Waals surface area (Å²) in [6.45, 7) is 8.37. The van der Waals surface area contributed by atoms with Gasteiger partial charge in [-0.15, -0.1) is 6.58 Å². The summed E-state index contributed by atoms with van der Waals surface area (Å²) in [6.07, 6.45) is 11.5. The molecule has 0 heterocycles. The summed E-state index contributed by atoms with van der Waals surface area (Å²) in [6, 6.07) is 13.9. The van der Waals surface area contributed by atoms with Gasteiger partial charge in [-0.05, 0) is 93.0 Å².